The third kappa shape index (κ3) is 15.8. The van der Waals surface area contributed by atoms with Crippen LogP contribution in [0.15, 0.2) is 36.5 Å². The van der Waals surface area contributed by atoms with E-state index in [2.05, 4.69) is 42.8 Å². The van der Waals surface area contributed by atoms with Crippen LogP contribution in [0.3, 0.4) is 0 Å². The van der Waals surface area contributed by atoms with Gasteiger partial charge in [0.15, 0.2) is 0 Å². The van der Waals surface area contributed by atoms with E-state index in [1.807, 2.05) is 25.2 Å². The molecular weight excluding hydrogens is 258 g/mol. The third-order valence-electron chi connectivity index (χ3n) is 2.42. The Morgan fingerprint density at radius 2 is 2.05 bits per heavy atom. The van der Waals surface area contributed by atoms with Crippen molar-refractivity contribution in [3.63, 3.8) is 0 Å². The zero-order chi connectivity index (χ0) is 15.8. The summed E-state index contributed by atoms with van der Waals surface area (Å²) in [7, 11) is 0. The van der Waals surface area contributed by atoms with Gasteiger partial charge in [0.05, 0.1) is 0 Å². The lowest BCUT2D eigenvalue weighted by molar-refractivity contribution is -0.116. The van der Waals surface area contributed by atoms with Gasteiger partial charge in [0.25, 0.3) is 0 Å². The molecule has 0 saturated carbocycles. The second-order valence-corrected chi connectivity index (χ2v) is 4.87. The van der Waals surface area contributed by atoms with Crippen molar-refractivity contribution >= 4 is 5.91 Å². The van der Waals surface area contributed by atoms with E-state index in [4.69, 9.17) is 0 Å². The smallest absolute Gasteiger partial charge is 0.243 e. The van der Waals surface area contributed by atoms with Gasteiger partial charge in [-0.1, -0.05) is 50.0 Å². The summed E-state index contributed by atoms with van der Waals surface area (Å²) in [5, 5.41) is 2.85. The third-order valence-corrected chi connectivity index (χ3v) is 2.42. The number of unbranched alkanes of at least 4 members (excludes halogenated alkanes) is 1. The van der Waals surface area contributed by atoms with E-state index in [9.17, 15) is 4.79 Å². The maximum Gasteiger partial charge on any atom is 0.243 e. The summed E-state index contributed by atoms with van der Waals surface area (Å²) in [6.45, 7) is 6.93. The zero-order valence-corrected chi connectivity index (χ0v) is 13.3. The molecule has 0 aromatic rings. The number of allylic oxidation sites excluding steroid dienone is 5. The standard InChI is InChI=1S/C19H25NO/c1-4-5-6-7-8-9-10-11-12-13-14-15-19(21)20-17-16-18(2)3/h4-5,12-15,18H,10-11,16-17H2,1-3H3,(H,20,21). The number of carbonyl (C=O) groups is 1. The molecule has 0 aliphatic carbocycles. The maximum atomic E-state index is 11.4. The largest absolute Gasteiger partial charge is 0.353 e. The highest BCUT2D eigenvalue weighted by Gasteiger charge is 1.95. The molecule has 0 unspecified atom stereocenters. The van der Waals surface area contributed by atoms with Gasteiger partial charge in [0.2, 0.25) is 5.91 Å². The minimum absolute atomic E-state index is 0.0423. The molecule has 0 fully saturated rings. The molecule has 2 nitrogen and oxygen atoms in total. The quantitative estimate of drug-likeness (QED) is 0.329. The number of nitrogens with one attached hydrogen (secondary N) is 1. The SMILES string of the molecule is CC=CC#CC#CCCC=CC=CC(=O)NCCC(C)C. The van der Waals surface area contributed by atoms with Gasteiger partial charge in [-0.25, -0.2) is 0 Å². The van der Waals surface area contributed by atoms with Gasteiger partial charge in [-0.15, -0.1) is 0 Å². The van der Waals surface area contributed by atoms with E-state index < -0.39 is 0 Å². The van der Waals surface area contributed by atoms with Crippen molar-refractivity contribution in [3.8, 4) is 23.7 Å². The molecule has 112 valence electrons. The van der Waals surface area contributed by atoms with E-state index in [-0.39, 0.29) is 5.91 Å². The molecule has 0 aromatic carbocycles. The van der Waals surface area contributed by atoms with Crippen LogP contribution >= 0.6 is 0 Å². The topological polar surface area (TPSA) is 29.1 Å². The lowest BCUT2D eigenvalue weighted by atomic mass is 10.1. The van der Waals surface area contributed by atoms with Gasteiger partial charge in [-0.3, -0.25) is 4.79 Å². The van der Waals surface area contributed by atoms with Gasteiger partial charge < -0.3 is 5.32 Å². The van der Waals surface area contributed by atoms with Crippen LogP contribution in [-0.4, -0.2) is 12.5 Å². The van der Waals surface area contributed by atoms with Gasteiger partial charge >= 0.3 is 0 Å². The van der Waals surface area contributed by atoms with E-state index in [1.54, 1.807) is 18.2 Å². The minimum atomic E-state index is -0.0423. The van der Waals surface area contributed by atoms with Gasteiger partial charge in [-0.05, 0) is 43.6 Å². The average molecular weight is 283 g/mol. The van der Waals surface area contributed by atoms with Crippen molar-refractivity contribution in [1.82, 2.24) is 5.32 Å². The fraction of sp³-hybridized carbons (Fsp3) is 0.421. The summed E-state index contributed by atoms with van der Waals surface area (Å²) < 4.78 is 0. The molecule has 0 rings (SSSR count). The van der Waals surface area contributed by atoms with Gasteiger partial charge in [0.1, 0.15) is 0 Å². The van der Waals surface area contributed by atoms with Gasteiger partial charge in [-0.2, -0.15) is 0 Å². The number of rotatable bonds is 7. The zero-order valence-electron chi connectivity index (χ0n) is 13.3. The molecule has 0 bridgehead atoms. The highest BCUT2D eigenvalue weighted by molar-refractivity contribution is 5.87. The summed E-state index contributed by atoms with van der Waals surface area (Å²) in [4.78, 5) is 11.4. The highest BCUT2D eigenvalue weighted by Crippen LogP contribution is 1.96. The van der Waals surface area contributed by atoms with Gasteiger partial charge in [0, 0.05) is 19.0 Å². The van der Waals surface area contributed by atoms with Crippen LogP contribution in [0.2, 0.25) is 0 Å². The van der Waals surface area contributed by atoms with Crippen LogP contribution in [0.4, 0.5) is 0 Å². The molecule has 0 aromatic heterocycles. The van der Waals surface area contributed by atoms with Crippen molar-refractivity contribution < 1.29 is 4.79 Å². The Balaban J connectivity index is 3.74. The molecule has 1 N–H and O–H groups in total. The molecule has 0 aliphatic heterocycles. The molecule has 0 aliphatic rings. The van der Waals surface area contributed by atoms with Crippen molar-refractivity contribution in [3.05, 3.63) is 36.5 Å². The molecule has 1 amide bonds. The van der Waals surface area contributed by atoms with E-state index in [0.717, 1.165) is 25.8 Å². The second kappa shape index (κ2) is 14.2. The summed E-state index contributed by atoms with van der Waals surface area (Å²) in [6.07, 6.45) is 13.4. The fourth-order valence-corrected chi connectivity index (χ4v) is 1.28. The predicted molar refractivity (Wildman–Crippen MR) is 90.3 cm³/mol. The van der Waals surface area contributed by atoms with E-state index in [1.165, 1.54) is 0 Å². The summed E-state index contributed by atoms with van der Waals surface area (Å²) in [5.41, 5.74) is 0. The monoisotopic (exact) mass is 283 g/mol. The van der Waals surface area contributed by atoms with E-state index >= 15 is 0 Å². The lowest BCUT2D eigenvalue weighted by Crippen LogP contribution is -2.23. The van der Waals surface area contributed by atoms with Crippen LogP contribution in [0.1, 0.15) is 40.0 Å². The summed E-state index contributed by atoms with van der Waals surface area (Å²) in [6, 6.07) is 0. The number of hydrogen-bond donors (Lipinski definition) is 1. The van der Waals surface area contributed by atoms with Crippen LogP contribution in [-0.2, 0) is 4.79 Å². The molecule has 0 spiro atoms. The van der Waals surface area contributed by atoms with Crippen LogP contribution in [0.5, 0.6) is 0 Å². The molecule has 0 atom stereocenters. The lowest BCUT2D eigenvalue weighted by Gasteiger charge is -2.04. The van der Waals surface area contributed by atoms with Crippen LogP contribution in [0.25, 0.3) is 0 Å². The highest BCUT2D eigenvalue weighted by atomic mass is 16.1. The molecule has 0 heterocycles. The first-order chi connectivity index (χ1) is 10.2. The number of amides is 1. The Bertz CT molecular complexity index is 487. The molecular formula is C19H25NO. The second-order valence-electron chi connectivity index (χ2n) is 4.87. The number of carbonyl (C=O) groups excluding carboxylic acids is 1. The first-order valence-electron chi connectivity index (χ1n) is 7.37. The van der Waals surface area contributed by atoms with Crippen LogP contribution < -0.4 is 5.32 Å². The number of hydrogen-bond acceptors (Lipinski definition) is 1. The van der Waals surface area contributed by atoms with Crippen molar-refractivity contribution in [2.45, 2.75) is 40.0 Å². The van der Waals surface area contributed by atoms with Crippen molar-refractivity contribution in [1.29, 1.82) is 0 Å². The summed E-state index contributed by atoms with van der Waals surface area (Å²) in [5.74, 6) is 11.9. The Labute approximate surface area is 129 Å². The molecule has 2 heteroatoms. The average Bonchev–Trinajstić information content (AvgIpc) is 2.44. The minimum Gasteiger partial charge on any atom is -0.353 e. The Morgan fingerprint density at radius 3 is 2.76 bits per heavy atom. The molecule has 0 radical (unpaired) electrons. The first kappa shape index (κ1) is 18.8. The van der Waals surface area contributed by atoms with Crippen LogP contribution in [0, 0.1) is 29.6 Å². The first-order valence-corrected chi connectivity index (χ1v) is 7.37. The Hall–Kier alpha value is -2.19. The fourth-order valence-electron chi connectivity index (χ4n) is 1.28. The predicted octanol–water partition coefficient (Wildman–Crippen LogP) is 3.62. The maximum absolute atomic E-state index is 11.4. The summed E-state index contributed by atoms with van der Waals surface area (Å²) >= 11 is 0. The Kier molecular flexibility index (Phi) is 12.7. The molecule has 0 saturated heterocycles. The van der Waals surface area contributed by atoms with Crippen molar-refractivity contribution in [2.24, 2.45) is 5.92 Å². The van der Waals surface area contributed by atoms with Crippen molar-refractivity contribution in [2.75, 3.05) is 6.54 Å². The normalized spacial score (nSPS) is 10.7. The molecule has 21 heavy (non-hydrogen) atoms. The Morgan fingerprint density at radius 1 is 1.24 bits per heavy atom. The van der Waals surface area contributed by atoms with E-state index in [0.29, 0.717) is 5.92 Å².